The molecule has 0 amide bonds. The normalized spacial score (nSPS) is 26.0. The average Bonchev–Trinajstić information content (AvgIpc) is 2.69. The van der Waals surface area contributed by atoms with Crippen molar-refractivity contribution in [3.8, 4) is 0 Å². The SMILES string of the molecule is C=C(c1ccccc1F)N1CC2(CC([N+]3(C)C(c4ccccc4C(F)(F)F)=CC3C(F)(F)F)C2)C1. The second kappa shape index (κ2) is 7.59. The summed E-state index contributed by atoms with van der Waals surface area (Å²) in [7, 11) is 1.40. The van der Waals surface area contributed by atoms with Crippen molar-refractivity contribution in [3.63, 3.8) is 0 Å². The molecule has 0 bridgehead atoms. The number of quaternary nitrogens is 1. The number of alkyl halides is 6. The van der Waals surface area contributed by atoms with Crippen LogP contribution in [0.25, 0.3) is 11.4 Å². The molecule has 1 spiro atoms. The molecule has 0 N–H and O–H groups in total. The van der Waals surface area contributed by atoms with Gasteiger partial charge in [0.15, 0.2) is 0 Å². The van der Waals surface area contributed by atoms with Crippen molar-refractivity contribution in [3.05, 3.63) is 83.7 Å². The number of likely N-dealkylation sites (N-methyl/N-ethyl adjacent to an activating group) is 1. The fourth-order valence-corrected chi connectivity index (χ4v) is 6.06. The van der Waals surface area contributed by atoms with Crippen LogP contribution in [0.3, 0.4) is 0 Å². The minimum atomic E-state index is -4.67. The Balaban J connectivity index is 1.36. The van der Waals surface area contributed by atoms with Crippen molar-refractivity contribution >= 4 is 11.4 Å². The van der Waals surface area contributed by atoms with Crippen LogP contribution in [0.4, 0.5) is 30.7 Å². The van der Waals surface area contributed by atoms with E-state index in [1.807, 2.05) is 4.90 Å². The molecule has 1 saturated heterocycles. The number of nitrogens with zero attached hydrogens (tertiary/aromatic N) is 2. The maximum absolute atomic E-state index is 14.1. The fraction of sp³-hybridized carbons (Fsp3) is 0.385. The molecule has 2 atom stereocenters. The number of hydrogen-bond donors (Lipinski definition) is 0. The van der Waals surface area contributed by atoms with Crippen LogP contribution < -0.4 is 0 Å². The van der Waals surface area contributed by atoms with E-state index in [1.54, 1.807) is 18.2 Å². The molecule has 2 aromatic rings. The summed E-state index contributed by atoms with van der Waals surface area (Å²) in [5, 5.41) is 0. The van der Waals surface area contributed by atoms with Crippen molar-refractivity contribution in [2.75, 3.05) is 20.1 Å². The molecule has 0 aromatic heterocycles. The molecule has 5 rings (SSSR count). The molecule has 9 heteroatoms. The molecule has 2 unspecified atom stereocenters. The van der Waals surface area contributed by atoms with E-state index in [4.69, 9.17) is 0 Å². The summed E-state index contributed by atoms with van der Waals surface area (Å²) in [4.78, 5) is 1.90. The molecule has 2 aliphatic heterocycles. The smallest absolute Gasteiger partial charge is 0.370 e. The van der Waals surface area contributed by atoms with Gasteiger partial charge in [0.1, 0.15) is 11.5 Å². The molecule has 0 radical (unpaired) electrons. The van der Waals surface area contributed by atoms with Crippen LogP contribution in [0.1, 0.15) is 29.5 Å². The van der Waals surface area contributed by atoms with Gasteiger partial charge in [0.05, 0.1) is 18.7 Å². The zero-order chi connectivity index (χ0) is 25.4. The lowest BCUT2D eigenvalue weighted by molar-refractivity contribution is -0.920. The van der Waals surface area contributed by atoms with Gasteiger partial charge >= 0.3 is 12.4 Å². The van der Waals surface area contributed by atoms with Crippen LogP contribution in [0.15, 0.2) is 61.2 Å². The highest BCUT2D eigenvalue weighted by atomic mass is 19.4. The Morgan fingerprint density at radius 2 is 1.57 bits per heavy atom. The van der Waals surface area contributed by atoms with Gasteiger partial charge in [0.2, 0.25) is 6.04 Å². The molecular weight excluding hydrogens is 473 g/mol. The van der Waals surface area contributed by atoms with Gasteiger partial charge in [-0.05, 0) is 24.3 Å². The van der Waals surface area contributed by atoms with Crippen molar-refractivity contribution < 1.29 is 35.2 Å². The summed E-state index contributed by atoms with van der Waals surface area (Å²) in [5.41, 5.74) is -0.401. The zero-order valence-corrected chi connectivity index (χ0v) is 18.9. The molecular formula is C26H24F7N2+. The molecule has 35 heavy (non-hydrogen) atoms. The second-order valence-corrected chi connectivity index (χ2v) is 10.1. The highest BCUT2D eigenvalue weighted by Gasteiger charge is 2.68. The Morgan fingerprint density at radius 1 is 0.971 bits per heavy atom. The monoisotopic (exact) mass is 497 g/mol. The first-order valence-electron chi connectivity index (χ1n) is 11.3. The van der Waals surface area contributed by atoms with Crippen LogP contribution in [0, 0.1) is 11.2 Å². The lowest BCUT2D eigenvalue weighted by atomic mass is 9.58. The zero-order valence-electron chi connectivity index (χ0n) is 18.9. The van der Waals surface area contributed by atoms with E-state index < -0.39 is 40.3 Å². The standard InChI is InChI=1S/C26H24F7N2/c1-16(18-7-4-6-10-21(18)27)34-14-24(15-34)12-17(13-24)35(2)22(11-23(35)26(31,32)33)19-8-3-5-9-20(19)25(28,29)30/h3-11,17,23H,1,12-15H2,2H3/q+1. The van der Waals surface area contributed by atoms with Gasteiger partial charge in [0.25, 0.3) is 0 Å². The van der Waals surface area contributed by atoms with Gasteiger partial charge in [0, 0.05) is 54.2 Å². The van der Waals surface area contributed by atoms with E-state index in [9.17, 15) is 30.7 Å². The lowest BCUT2D eigenvalue weighted by Crippen LogP contribution is -2.75. The van der Waals surface area contributed by atoms with Crippen LogP contribution in [-0.2, 0) is 6.18 Å². The van der Waals surface area contributed by atoms with Crippen molar-refractivity contribution in [2.45, 2.75) is 37.3 Å². The fourth-order valence-electron chi connectivity index (χ4n) is 6.06. The summed E-state index contributed by atoms with van der Waals surface area (Å²) in [6.45, 7) is 5.04. The van der Waals surface area contributed by atoms with Crippen LogP contribution in [0.2, 0.25) is 0 Å². The third-order valence-electron chi connectivity index (χ3n) is 7.97. The molecule has 1 saturated carbocycles. The summed E-state index contributed by atoms with van der Waals surface area (Å²) in [6.07, 6.45) is -7.42. The van der Waals surface area contributed by atoms with Gasteiger partial charge in [-0.3, -0.25) is 4.48 Å². The number of likely N-dealkylation sites (tertiary alicyclic amines) is 1. The number of benzene rings is 2. The quantitative estimate of drug-likeness (QED) is 0.335. The van der Waals surface area contributed by atoms with E-state index in [2.05, 4.69) is 6.58 Å². The largest absolute Gasteiger partial charge is 0.446 e. The number of halogens is 7. The Bertz CT molecular complexity index is 1200. The van der Waals surface area contributed by atoms with E-state index in [1.165, 1.54) is 31.3 Å². The van der Waals surface area contributed by atoms with Gasteiger partial charge in [-0.25, -0.2) is 4.39 Å². The summed E-state index contributed by atoms with van der Waals surface area (Å²) in [6, 6.07) is 8.73. The summed E-state index contributed by atoms with van der Waals surface area (Å²) in [5.74, 6) is -0.394. The third kappa shape index (κ3) is 3.66. The molecule has 1 aliphatic carbocycles. The van der Waals surface area contributed by atoms with Gasteiger partial charge < -0.3 is 4.90 Å². The maximum Gasteiger partial charge on any atom is 0.446 e. The second-order valence-electron chi connectivity index (χ2n) is 10.1. The highest BCUT2D eigenvalue weighted by molar-refractivity contribution is 5.68. The number of rotatable bonds is 4. The van der Waals surface area contributed by atoms with Crippen LogP contribution in [-0.4, -0.2) is 47.8 Å². The van der Waals surface area contributed by atoms with Gasteiger partial charge in [-0.1, -0.05) is 30.8 Å². The molecule has 3 aliphatic rings. The predicted octanol–water partition coefficient (Wildman–Crippen LogP) is 6.71. The first-order chi connectivity index (χ1) is 16.3. The molecule has 2 fully saturated rings. The van der Waals surface area contributed by atoms with E-state index in [-0.39, 0.29) is 16.7 Å². The topological polar surface area (TPSA) is 3.24 Å². The van der Waals surface area contributed by atoms with Crippen molar-refractivity contribution in [1.29, 1.82) is 0 Å². The summed E-state index contributed by atoms with van der Waals surface area (Å²) < 4.78 is 96.1. The Morgan fingerprint density at radius 3 is 2.17 bits per heavy atom. The Labute approximate surface area is 198 Å². The molecule has 186 valence electrons. The van der Waals surface area contributed by atoms with Gasteiger partial charge in [-0.2, -0.15) is 26.3 Å². The molecule has 2 aromatic carbocycles. The Hall–Kier alpha value is -2.81. The lowest BCUT2D eigenvalue weighted by Gasteiger charge is -2.65. The minimum Gasteiger partial charge on any atom is -0.370 e. The maximum atomic E-state index is 14.1. The first-order valence-corrected chi connectivity index (χ1v) is 11.3. The van der Waals surface area contributed by atoms with Crippen molar-refractivity contribution in [1.82, 2.24) is 4.90 Å². The average molecular weight is 497 g/mol. The van der Waals surface area contributed by atoms with E-state index in [0.29, 0.717) is 37.2 Å². The van der Waals surface area contributed by atoms with Crippen molar-refractivity contribution in [2.24, 2.45) is 5.41 Å². The highest BCUT2D eigenvalue weighted by Crippen LogP contribution is 2.60. The van der Waals surface area contributed by atoms with Gasteiger partial charge in [-0.15, -0.1) is 0 Å². The third-order valence-corrected chi connectivity index (χ3v) is 7.97. The Kier molecular flexibility index (Phi) is 5.19. The number of hydrogen-bond acceptors (Lipinski definition) is 1. The van der Waals surface area contributed by atoms with E-state index in [0.717, 1.165) is 12.1 Å². The molecule has 2 nitrogen and oxygen atoms in total. The predicted molar refractivity (Wildman–Crippen MR) is 118 cm³/mol. The first kappa shape index (κ1) is 23.9. The van der Waals surface area contributed by atoms with E-state index >= 15 is 0 Å². The summed E-state index contributed by atoms with van der Waals surface area (Å²) >= 11 is 0. The minimum absolute atomic E-state index is 0.0621. The van der Waals surface area contributed by atoms with Crippen LogP contribution in [0.5, 0.6) is 0 Å². The molecule has 2 heterocycles. The van der Waals surface area contributed by atoms with Crippen LogP contribution >= 0.6 is 0 Å².